The maximum absolute atomic E-state index is 13.3. The number of allylic oxidation sites excluding steroid dienone is 3. The SMILES string of the molecule is CO[C@H]1O[C@@](C)([C@H]2CC(C)=C(C)C(=O)O2)[C@H]2C[C@H](O)[C@H]3[C@@H]4C[C@@H](O)C5=CC=CC(=O)[C@]5(C)[C@H]4CC[C@@]132. The van der Waals surface area contributed by atoms with Gasteiger partial charge in [-0.3, -0.25) is 4.79 Å². The van der Waals surface area contributed by atoms with Crippen LogP contribution < -0.4 is 0 Å². The molecule has 11 atom stereocenters. The zero-order valence-corrected chi connectivity index (χ0v) is 21.8. The Labute approximate surface area is 212 Å². The molecule has 6 aliphatic rings. The average Bonchev–Trinajstić information content (AvgIpc) is 3.27. The monoisotopic (exact) mass is 498 g/mol. The van der Waals surface area contributed by atoms with Crippen LogP contribution in [0.4, 0.5) is 0 Å². The van der Waals surface area contributed by atoms with Crippen molar-refractivity contribution in [1.29, 1.82) is 0 Å². The van der Waals surface area contributed by atoms with E-state index in [0.29, 0.717) is 24.8 Å². The summed E-state index contributed by atoms with van der Waals surface area (Å²) in [5.41, 5.74) is 0.397. The highest BCUT2D eigenvalue weighted by molar-refractivity contribution is 5.99. The van der Waals surface area contributed by atoms with Crippen molar-refractivity contribution in [2.24, 2.45) is 34.5 Å². The first-order valence-electron chi connectivity index (χ1n) is 13.4. The van der Waals surface area contributed by atoms with Crippen molar-refractivity contribution in [2.45, 2.75) is 90.0 Å². The number of aliphatic hydroxyl groups is 2. The molecule has 7 heteroatoms. The van der Waals surface area contributed by atoms with Gasteiger partial charge in [0.15, 0.2) is 12.1 Å². The van der Waals surface area contributed by atoms with Gasteiger partial charge in [0.2, 0.25) is 0 Å². The number of ketones is 1. The van der Waals surface area contributed by atoms with Crippen LogP contribution >= 0.6 is 0 Å². The topological polar surface area (TPSA) is 102 Å². The number of cyclic esters (lactones) is 1. The van der Waals surface area contributed by atoms with Crippen molar-refractivity contribution >= 4 is 11.8 Å². The fraction of sp³-hybridized carbons (Fsp3) is 0.724. The van der Waals surface area contributed by atoms with Crippen LogP contribution in [0.25, 0.3) is 0 Å². The highest BCUT2D eigenvalue weighted by Crippen LogP contribution is 2.72. The van der Waals surface area contributed by atoms with Crippen LogP contribution in [0.3, 0.4) is 0 Å². The third-order valence-corrected chi connectivity index (χ3v) is 11.3. The molecule has 0 unspecified atom stereocenters. The van der Waals surface area contributed by atoms with Crippen molar-refractivity contribution in [3.63, 3.8) is 0 Å². The van der Waals surface area contributed by atoms with Gasteiger partial charge in [-0.1, -0.05) is 17.7 Å². The van der Waals surface area contributed by atoms with Crippen LogP contribution in [0.1, 0.15) is 59.8 Å². The van der Waals surface area contributed by atoms with Crippen LogP contribution in [0.15, 0.2) is 34.9 Å². The van der Waals surface area contributed by atoms with E-state index in [0.717, 1.165) is 24.0 Å². The van der Waals surface area contributed by atoms with E-state index in [2.05, 4.69) is 0 Å². The van der Waals surface area contributed by atoms with Gasteiger partial charge in [0.1, 0.15) is 11.7 Å². The standard InChI is InChI=1S/C29H38O7/c1-14-11-23(35-25(33)15(14)2)28(4)21-13-20(31)24-16-12-19(30)18-7-6-8-22(32)27(18,3)17(16)9-10-29(21,24)26(34-5)36-28/h6-8,16-17,19-21,23-24,26,30-31H,9-13H2,1-5H3/t16-,17+,19-,20+,21-,23-,24-,26+,27-,28-,29+/m1/s1. The maximum atomic E-state index is 13.3. The Morgan fingerprint density at radius 2 is 1.89 bits per heavy atom. The van der Waals surface area contributed by atoms with Crippen LogP contribution in [-0.4, -0.2) is 59.3 Å². The van der Waals surface area contributed by atoms with Gasteiger partial charge in [-0.05, 0) is 82.8 Å². The molecule has 2 heterocycles. The maximum Gasteiger partial charge on any atom is 0.334 e. The molecule has 1 spiro atoms. The Bertz CT molecular complexity index is 1100. The Balaban J connectivity index is 1.41. The first-order chi connectivity index (χ1) is 17.0. The summed E-state index contributed by atoms with van der Waals surface area (Å²) in [5, 5.41) is 22.9. The molecular weight excluding hydrogens is 460 g/mol. The molecular formula is C29H38O7. The Kier molecular flexibility index (Phi) is 5.35. The number of rotatable bonds is 2. The summed E-state index contributed by atoms with van der Waals surface area (Å²) in [6, 6.07) is 0. The molecule has 3 saturated carbocycles. The lowest BCUT2D eigenvalue weighted by Crippen LogP contribution is -2.59. The first-order valence-corrected chi connectivity index (χ1v) is 13.4. The number of methoxy groups -OCH3 is 1. The molecule has 6 rings (SSSR count). The van der Waals surface area contributed by atoms with Gasteiger partial charge in [0, 0.05) is 30.4 Å². The largest absolute Gasteiger partial charge is 0.456 e. The number of fused-ring (bicyclic) bond motifs is 4. The molecule has 4 aliphatic carbocycles. The van der Waals surface area contributed by atoms with Crippen molar-refractivity contribution in [3.05, 3.63) is 34.9 Å². The van der Waals surface area contributed by atoms with Crippen LogP contribution in [0.2, 0.25) is 0 Å². The minimum Gasteiger partial charge on any atom is -0.456 e. The fourth-order valence-corrected chi connectivity index (χ4v) is 9.47. The van der Waals surface area contributed by atoms with Gasteiger partial charge >= 0.3 is 5.97 Å². The zero-order valence-electron chi connectivity index (χ0n) is 21.8. The fourth-order valence-electron chi connectivity index (χ4n) is 9.47. The summed E-state index contributed by atoms with van der Waals surface area (Å²) in [6.45, 7) is 7.75. The van der Waals surface area contributed by atoms with E-state index >= 15 is 0 Å². The number of hydrogen-bond acceptors (Lipinski definition) is 7. The van der Waals surface area contributed by atoms with E-state index in [1.54, 1.807) is 26.2 Å². The molecule has 0 amide bonds. The second-order valence-corrected chi connectivity index (χ2v) is 12.5. The molecule has 0 radical (unpaired) electrons. The molecule has 2 N–H and O–H groups in total. The summed E-state index contributed by atoms with van der Waals surface area (Å²) in [5.74, 6) is -0.558. The Morgan fingerprint density at radius 1 is 1.14 bits per heavy atom. The van der Waals surface area contributed by atoms with Gasteiger partial charge in [-0.25, -0.2) is 4.79 Å². The molecule has 4 fully saturated rings. The second kappa shape index (κ2) is 7.85. The second-order valence-electron chi connectivity index (χ2n) is 12.5. The van der Waals surface area contributed by atoms with Crippen molar-refractivity contribution < 1.29 is 34.0 Å². The summed E-state index contributed by atoms with van der Waals surface area (Å²) < 4.78 is 18.7. The number of carbonyl (C=O) groups is 2. The molecule has 1 saturated heterocycles. The lowest BCUT2D eigenvalue weighted by molar-refractivity contribution is -0.234. The smallest absolute Gasteiger partial charge is 0.334 e. The lowest BCUT2D eigenvalue weighted by atomic mass is 9.45. The third kappa shape index (κ3) is 2.83. The van der Waals surface area contributed by atoms with Gasteiger partial charge in [-0.15, -0.1) is 0 Å². The van der Waals surface area contributed by atoms with Crippen LogP contribution in [-0.2, 0) is 23.8 Å². The number of ether oxygens (including phenoxy) is 3. The summed E-state index contributed by atoms with van der Waals surface area (Å²) in [7, 11) is 1.64. The van der Waals surface area contributed by atoms with E-state index in [-0.39, 0.29) is 35.4 Å². The van der Waals surface area contributed by atoms with E-state index < -0.39 is 41.0 Å². The number of hydrogen-bond donors (Lipinski definition) is 2. The number of esters is 1. The normalized spacial score (nSPS) is 51.8. The van der Waals surface area contributed by atoms with E-state index in [1.807, 2.05) is 26.8 Å². The third-order valence-electron chi connectivity index (χ3n) is 11.3. The summed E-state index contributed by atoms with van der Waals surface area (Å²) >= 11 is 0. The van der Waals surface area contributed by atoms with E-state index in [1.165, 1.54) is 0 Å². The van der Waals surface area contributed by atoms with Gasteiger partial charge < -0.3 is 24.4 Å². The Morgan fingerprint density at radius 3 is 2.58 bits per heavy atom. The van der Waals surface area contributed by atoms with Crippen molar-refractivity contribution in [3.8, 4) is 0 Å². The quantitative estimate of drug-likeness (QED) is 0.564. The molecule has 0 aromatic heterocycles. The van der Waals surface area contributed by atoms with Gasteiger partial charge in [-0.2, -0.15) is 0 Å². The lowest BCUT2D eigenvalue weighted by Gasteiger charge is -2.58. The summed E-state index contributed by atoms with van der Waals surface area (Å²) in [6.07, 6.45) is 6.06. The van der Waals surface area contributed by atoms with Crippen LogP contribution in [0.5, 0.6) is 0 Å². The van der Waals surface area contributed by atoms with Crippen molar-refractivity contribution in [2.75, 3.05) is 7.11 Å². The van der Waals surface area contributed by atoms with E-state index in [9.17, 15) is 19.8 Å². The van der Waals surface area contributed by atoms with Crippen LogP contribution in [0, 0.1) is 34.5 Å². The highest BCUT2D eigenvalue weighted by atomic mass is 16.7. The molecule has 0 aromatic carbocycles. The predicted octanol–water partition coefficient (Wildman–Crippen LogP) is 3.25. The number of carbonyl (C=O) groups excluding carboxylic acids is 2. The highest BCUT2D eigenvalue weighted by Gasteiger charge is 2.76. The Hall–Kier alpha value is -1.80. The molecule has 0 aromatic rings. The minimum atomic E-state index is -0.813. The van der Waals surface area contributed by atoms with Gasteiger partial charge in [0.05, 0.1) is 17.6 Å². The molecule has 7 nitrogen and oxygen atoms in total. The molecule has 36 heavy (non-hydrogen) atoms. The van der Waals surface area contributed by atoms with E-state index in [4.69, 9.17) is 14.2 Å². The van der Waals surface area contributed by atoms with Gasteiger partial charge in [0.25, 0.3) is 0 Å². The first kappa shape index (κ1) is 24.5. The summed E-state index contributed by atoms with van der Waals surface area (Å²) in [4.78, 5) is 25.9. The molecule has 0 bridgehead atoms. The zero-order chi connectivity index (χ0) is 25.8. The average molecular weight is 499 g/mol. The number of aliphatic hydroxyl groups excluding tert-OH is 2. The molecule has 196 valence electrons. The van der Waals surface area contributed by atoms with Crippen molar-refractivity contribution in [1.82, 2.24) is 0 Å². The minimum absolute atomic E-state index is 0.0262. The molecule has 2 aliphatic heterocycles. The predicted molar refractivity (Wildman–Crippen MR) is 130 cm³/mol.